The molecule has 1 aliphatic heterocycles. The molecular weight excluding hydrogens is 318 g/mol. The Bertz CT molecular complexity index is 762. The van der Waals surface area contributed by atoms with Crippen molar-refractivity contribution in [2.75, 3.05) is 5.32 Å². The summed E-state index contributed by atoms with van der Waals surface area (Å²) in [4.78, 5) is 12.6. The van der Waals surface area contributed by atoms with Crippen LogP contribution in [0.15, 0.2) is 18.2 Å². The van der Waals surface area contributed by atoms with Crippen LogP contribution in [0.4, 0.5) is 5.82 Å². The standard InChI is InChI=1S/C19H25N3OS/c1-5-14(6-2)19(23)20-18-15-10-24-11-16(15)21-22(18)17-8-7-12(3)9-13(17)4/h7-9,14H,5-6,10-11H2,1-4H3,(H,20,23). The van der Waals surface area contributed by atoms with E-state index in [1.807, 2.05) is 16.4 Å². The number of rotatable bonds is 5. The Morgan fingerprint density at radius 1 is 1.29 bits per heavy atom. The molecule has 0 bridgehead atoms. The highest BCUT2D eigenvalue weighted by Crippen LogP contribution is 2.37. The molecule has 0 fully saturated rings. The van der Waals surface area contributed by atoms with E-state index in [4.69, 9.17) is 5.10 Å². The number of carbonyl (C=O) groups is 1. The summed E-state index contributed by atoms with van der Waals surface area (Å²) in [5.74, 6) is 2.85. The summed E-state index contributed by atoms with van der Waals surface area (Å²) < 4.78 is 1.93. The molecule has 0 spiro atoms. The van der Waals surface area contributed by atoms with Gasteiger partial charge in [-0.2, -0.15) is 16.9 Å². The molecule has 2 aromatic rings. The molecule has 4 nitrogen and oxygen atoms in total. The zero-order valence-corrected chi connectivity index (χ0v) is 15.7. The third-order valence-corrected chi connectivity index (χ3v) is 5.70. The van der Waals surface area contributed by atoms with Gasteiger partial charge in [-0.1, -0.05) is 31.5 Å². The first-order chi connectivity index (χ1) is 11.5. The number of hydrogen-bond acceptors (Lipinski definition) is 3. The Kier molecular flexibility index (Phi) is 4.99. The Labute approximate surface area is 148 Å². The molecule has 1 aromatic heterocycles. The summed E-state index contributed by atoms with van der Waals surface area (Å²) in [6.45, 7) is 8.31. The normalized spacial score (nSPS) is 13.4. The number of anilines is 1. The first kappa shape index (κ1) is 17.1. The van der Waals surface area contributed by atoms with Gasteiger partial charge in [0.1, 0.15) is 5.82 Å². The maximum atomic E-state index is 12.6. The lowest BCUT2D eigenvalue weighted by atomic mass is 10.0. The largest absolute Gasteiger partial charge is 0.310 e. The second kappa shape index (κ2) is 7.01. The summed E-state index contributed by atoms with van der Waals surface area (Å²) in [6, 6.07) is 6.34. The summed E-state index contributed by atoms with van der Waals surface area (Å²) in [5.41, 5.74) is 5.72. The Morgan fingerprint density at radius 2 is 2.04 bits per heavy atom. The highest BCUT2D eigenvalue weighted by Gasteiger charge is 2.26. The summed E-state index contributed by atoms with van der Waals surface area (Å²) >= 11 is 1.85. The second-order valence-corrected chi connectivity index (χ2v) is 7.46. The van der Waals surface area contributed by atoms with Gasteiger partial charge in [-0.15, -0.1) is 0 Å². The van der Waals surface area contributed by atoms with Crippen LogP contribution in [-0.2, 0) is 16.3 Å². The fourth-order valence-electron chi connectivity index (χ4n) is 3.24. The quantitative estimate of drug-likeness (QED) is 0.862. The molecule has 0 saturated heterocycles. The van der Waals surface area contributed by atoms with Gasteiger partial charge < -0.3 is 5.32 Å². The summed E-state index contributed by atoms with van der Waals surface area (Å²) in [6.07, 6.45) is 1.72. The predicted molar refractivity (Wildman–Crippen MR) is 101 cm³/mol. The van der Waals surface area contributed by atoms with Crippen LogP contribution in [0.3, 0.4) is 0 Å². The van der Waals surface area contributed by atoms with E-state index in [9.17, 15) is 4.79 Å². The van der Waals surface area contributed by atoms with Crippen molar-refractivity contribution in [1.29, 1.82) is 0 Å². The fourth-order valence-corrected chi connectivity index (χ4v) is 4.27. The number of nitrogens with one attached hydrogen (secondary N) is 1. The molecule has 1 aromatic carbocycles. The molecule has 24 heavy (non-hydrogen) atoms. The third-order valence-electron chi connectivity index (χ3n) is 4.73. The lowest BCUT2D eigenvalue weighted by Gasteiger charge is -2.16. The molecule has 1 amide bonds. The highest BCUT2D eigenvalue weighted by atomic mass is 32.2. The summed E-state index contributed by atoms with van der Waals surface area (Å²) in [5, 5.41) is 7.98. The van der Waals surface area contributed by atoms with E-state index >= 15 is 0 Å². The van der Waals surface area contributed by atoms with E-state index in [0.717, 1.165) is 41.5 Å². The second-order valence-electron chi connectivity index (χ2n) is 6.47. The van der Waals surface area contributed by atoms with Crippen LogP contribution in [0.2, 0.25) is 0 Å². The molecule has 2 heterocycles. The minimum absolute atomic E-state index is 0.0529. The van der Waals surface area contributed by atoms with Gasteiger partial charge in [0.25, 0.3) is 0 Å². The van der Waals surface area contributed by atoms with E-state index in [-0.39, 0.29) is 11.8 Å². The lowest BCUT2D eigenvalue weighted by Crippen LogP contribution is -2.24. The van der Waals surface area contributed by atoms with Gasteiger partial charge in [-0.25, -0.2) is 4.68 Å². The van der Waals surface area contributed by atoms with Gasteiger partial charge in [-0.3, -0.25) is 4.79 Å². The monoisotopic (exact) mass is 343 g/mol. The number of hydrogen-bond donors (Lipinski definition) is 1. The summed E-state index contributed by atoms with van der Waals surface area (Å²) in [7, 11) is 0. The number of thioether (sulfide) groups is 1. The average molecular weight is 343 g/mol. The van der Waals surface area contributed by atoms with Crippen LogP contribution in [0.5, 0.6) is 0 Å². The van der Waals surface area contributed by atoms with Crippen molar-refractivity contribution in [1.82, 2.24) is 9.78 Å². The van der Waals surface area contributed by atoms with Crippen LogP contribution in [0, 0.1) is 19.8 Å². The lowest BCUT2D eigenvalue weighted by molar-refractivity contribution is -0.120. The number of aromatic nitrogens is 2. The predicted octanol–water partition coefficient (Wildman–Crippen LogP) is 4.61. The number of aryl methyl sites for hydroxylation is 2. The van der Waals surface area contributed by atoms with Gasteiger partial charge >= 0.3 is 0 Å². The van der Waals surface area contributed by atoms with Gasteiger partial charge in [0.15, 0.2) is 0 Å². The minimum atomic E-state index is 0.0529. The van der Waals surface area contributed by atoms with Crippen LogP contribution >= 0.6 is 11.8 Å². The van der Waals surface area contributed by atoms with E-state index in [0.29, 0.717) is 0 Å². The number of fused-ring (bicyclic) bond motifs is 1. The molecular formula is C19H25N3OS. The van der Waals surface area contributed by atoms with Crippen molar-refractivity contribution in [3.8, 4) is 5.69 Å². The third kappa shape index (κ3) is 3.09. The molecule has 0 saturated carbocycles. The smallest absolute Gasteiger partial charge is 0.228 e. The van der Waals surface area contributed by atoms with Crippen molar-refractivity contribution >= 4 is 23.5 Å². The molecule has 0 unspecified atom stereocenters. The average Bonchev–Trinajstić information content (AvgIpc) is 3.11. The maximum Gasteiger partial charge on any atom is 0.228 e. The number of amides is 1. The molecule has 1 aliphatic rings. The van der Waals surface area contributed by atoms with Crippen LogP contribution in [0.1, 0.15) is 49.1 Å². The van der Waals surface area contributed by atoms with E-state index in [2.05, 4.69) is 51.2 Å². The first-order valence-corrected chi connectivity index (χ1v) is 9.77. The number of carbonyl (C=O) groups excluding carboxylic acids is 1. The Balaban J connectivity index is 2.03. The zero-order chi connectivity index (χ0) is 17.3. The highest BCUT2D eigenvalue weighted by molar-refractivity contribution is 7.98. The SMILES string of the molecule is CCC(CC)C(=O)Nc1c2c(nn1-c1ccc(C)cc1C)CSC2. The molecule has 0 aliphatic carbocycles. The molecule has 0 radical (unpaired) electrons. The topological polar surface area (TPSA) is 46.9 Å². The van der Waals surface area contributed by atoms with Crippen molar-refractivity contribution in [2.24, 2.45) is 5.92 Å². The van der Waals surface area contributed by atoms with Gasteiger partial charge in [0.2, 0.25) is 5.91 Å². The molecule has 128 valence electrons. The molecule has 0 atom stereocenters. The number of benzene rings is 1. The fraction of sp³-hybridized carbons (Fsp3) is 0.474. The van der Waals surface area contributed by atoms with Gasteiger partial charge in [0, 0.05) is 23.0 Å². The van der Waals surface area contributed by atoms with Crippen LogP contribution in [-0.4, -0.2) is 15.7 Å². The van der Waals surface area contributed by atoms with E-state index in [1.165, 1.54) is 16.7 Å². The minimum Gasteiger partial charge on any atom is -0.310 e. The van der Waals surface area contributed by atoms with E-state index in [1.54, 1.807) is 0 Å². The first-order valence-electron chi connectivity index (χ1n) is 8.62. The molecule has 1 N–H and O–H groups in total. The van der Waals surface area contributed by atoms with Crippen molar-refractivity contribution < 1.29 is 4.79 Å². The van der Waals surface area contributed by atoms with Gasteiger partial charge in [0.05, 0.1) is 11.4 Å². The Hall–Kier alpha value is -1.75. The van der Waals surface area contributed by atoms with Crippen LogP contribution in [0.25, 0.3) is 5.69 Å². The van der Waals surface area contributed by atoms with Crippen LogP contribution < -0.4 is 5.32 Å². The number of nitrogens with zero attached hydrogens (tertiary/aromatic N) is 2. The van der Waals surface area contributed by atoms with Gasteiger partial charge in [-0.05, 0) is 38.3 Å². The van der Waals surface area contributed by atoms with Crippen molar-refractivity contribution in [2.45, 2.75) is 52.0 Å². The van der Waals surface area contributed by atoms with Crippen molar-refractivity contribution in [3.05, 3.63) is 40.6 Å². The Morgan fingerprint density at radius 3 is 2.71 bits per heavy atom. The zero-order valence-electron chi connectivity index (χ0n) is 14.8. The molecule has 5 heteroatoms. The van der Waals surface area contributed by atoms with E-state index < -0.39 is 0 Å². The molecule has 3 rings (SSSR count). The maximum absolute atomic E-state index is 12.6. The van der Waals surface area contributed by atoms with Crippen molar-refractivity contribution in [3.63, 3.8) is 0 Å².